The van der Waals surface area contributed by atoms with Gasteiger partial charge in [0, 0.05) is 26.2 Å². The van der Waals surface area contributed by atoms with E-state index in [4.69, 9.17) is 0 Å². The third-order valence-corrected chi connectivity index (χ3v) is 3.15. The molecular formula is C12H19N3O. The van der Waals surface area contributed by atoms with Crippen LogP contribution in [-0.2, 0) is 10.2 Å². The highest BCUT2D eigenvalue weighted by molar-refractivity contribution is 5.74. The molecule has 0 unspecified atom stereocenters. The summed E-state index contributed by atoms with van der Waals surface area (Å²) in [6.07, 6.45) is 4.03. The lowest BCUT2D eigenvalue weighted by Gasteiger charge is -2.38. The van der Waals surface area contributed by atoms with E-state index in [0.717, 1.165) is 13.1 Å². The lowest BCUT2D eigenvalue weighted by atomic mass is 9.90. The van der Waals surface area contributed by atoms with Crippen LogP contribution in [-0.4, -0.2) is 33.7 Å². The van der Waals surface area contributed by atoms with Crippen molar-refractivity contribution in [2.75, 3.05) is 13.1 Å². The maximum Gasteiger partial charge on any atom is 0.219 e. The molecule has 1 aromatic heterocycles. The van der Waals surface area contributed by atoms with Crippen molar-refractivity contribution in [3.05, 3.63) is 18.0 Å². The van der Waals surface area contributed by atoms with Gasteiger partial charge in [-0.05, 0) is 11.0 Å². The Balaban J connectivity index is 2.03. The van der Waals surface area contributed by atoms with Crippen molar-refractivity contribution in [1.82, 2.24) is 14.7 Å². The fourth-order valence-electron chi connectivity index (χ4n) is 1.80. The van der Waals surface area contributed by atoms with E-state index in [2.05, 4.69) is 32.1 Å². The highest BCUT2D eigenvalue weighted by Crippen LogP contribution is 2.25. The van der Waals surface area contributed by atoms with Gasteiger partial charge in [0.25, 0.3) is 0 Å². The summed E-state index contributed by atoms with van der Waals surface area (Å²) in [6.45, 7) is 9.73. The number of hydrogen-bond donors (Lipinski definition) is 0. The van der Waals surface area contributed by atoms with E-state index >= 15 is 0 Å². The average Bonchev–Trinajstić information content (AvgIpc) is 2.47. The number of nitrogens with zero attached hydrogens (tertiary/aromatic N) is 3. The van der Waals surface area contributed by atoms with Gasteiger partial charge in [-0.15, -0.1) is 0 Å². The Morgan fingerprint density at radius 1 is 1.44 bits per heavy atom. The summed E-state index contributed by atoms with van der Waals surface area (Å²) < 4.78 is 1.99. The zero-order chi connectivity index (χ0) is 11.9. The molecular weight excluding hydrogens is 202 g/mol. The lowest BCUT2D eigenvalue weighted by Crippen LogP contribution is -2.50. The minimum Gasteiger partial charge on any atom is -0.339 e. The molecule has 1 amide bonds. The predicted octanol–water partition coefficient (Wildman–Crippen LogP) is 1.58. The Bertz CT molecular complexity index is 397. The predicted molar refractivity (Wildman–Crippen MR) is 62.2 cm³/mol. The van der Waals surface area contributed by atoms with Gasteiger partial charge in [-0.3, -0.25) is 9.48 Å². The molecule has 0 N–H and O–H groups in total. The molecule has 0 bridgehead atoms. The number of rotatable bonds is 1. The highest BCUT2D eigenvalue weighted by Gasteiger charge is 2.31. The van der Waals surface area contributed by atoms with E-state index in [1.807, 2.05) is 15.8 Å². The van der Waals surface area contributed by atoms with E-state index < -0.39 is 0 Å². The standard InChI is InChI=1S/C12H19N3O/c1-9(16)14-7-11(8-14)15-6-10(5-13-15)12(2,3)4/h5-6,11H,7-8H2,1-4H3. The minimum atomic E-state index is 0.141. The van der Waals surface area contributed by atoms with Crippen LogP contribution in [0.1, 0.15) is 39.3 Å². The van der Waals surface area contributed by atoms with Gasteiger partial charge in [-0.1, -0.05) is 20.8 Å². The van der Waals surface area contributed by atoms with Gasteiger partial charge in [-0.25, -0.2) is 0 Å². The fourth-order valence-corrected chi connectivity index (χ4v) is 1.80. The molecule has 4 heteroatoms. The summed E-state index contributed by atoms with van der Waals surface area (Å²) >= 11 is 0. The normalized spacial score (nSPS) is 17.4. The Hall–Kier alpha value is -1.32. The lowest BCUT2D eigenvalue weighted by molar-refractivity contribution is -0.134. The summed E-state index contributed by atoms with van der Waals surface area (Å²) in [5, 5.41) is 4.38. The van der Waals surface area contributed by atoms with Gasteiger partial charge in [0.15, 0.2) is 0 Å². The molecule has 0 aromatic carbocycles. The molecule has 1 saturated heterocycles. The molecule has 2 heterocycles. The molecule has 88 valence electrons. The van der Waals surface area contributed by atoms with Crippen LogP contribution >= 0.6 is 0 Å². The highest BCUT2D eigenvalue weighted by atomic mass is 16.2. The molecule has 0 spiro atoms. The summed E-state index contributed by atoms with van der Waals surface area (Å²) in [7, 11) is 0. The molecule has 2 rings (SSSR count). The van der Waals surface area contributed by atoms with Crippen molar-refractivity contribution < 1.29 is 4.79 Å². The second kappa shape index (κ2) is 3.61. The van der Waals surface area contributed by atoms with E-state index in [9.17, 15) is 4.79 Å². The monoisotopic (exact) mass is 221 g/mol. The number of amides is 1. The summed E-state index contributed by atoms with van der Waals surface area (Å²) in [5.74, 6) is 0.152. The molecule has 4 nitrogen and oxygen atoms in total. The summed E-state index contributed by atoms with van der Waals surface area (Å²) in [4.78, 5) is 12.9. The first-order valence-corrected chi connectivity index (χ1v) is 5.68. The van der Waals surface area contributed by atoms with E-state index in [1.165, 1.54) is 5.56 Å². The van der Waals surface area contributed by atoms with Crippen molar-refractivity contribution >= 4 is 5.91 Å². The van der Waals surface area contributed by atoms with Crippen LogP contribution in [0.5, 0.6) is 0 Å². The number of carbonyl (C=O) groups is 1. The molecule has 1 aliphatic heterocycles. The Morgan fingerprint density at radius 2 is 2.06 bits per heavy atom. The minimum absolute atomic E-state index is 0.141. The first kappa shape index (κ1) is 11.2. The first-order valence-electron chi connectivity index (χ1n) is 5.68. The Kier molecular flexibility index (Phi) is 2.52. The van der Waals surface area contributed by atoms with Crippen LogP contribution in [0.2, 0.25) is 0 Å². The van der Waals surface area contributed by atoms with Crippen molar-refractivity contribution in [3.8, 4) is 0 Å². The number of likely N-dealkylation sites (tertiary alicyclic amines) is 1. The van der Waals surface area contributed by atoms with Crippen molar-refractivity contribution in [1.29, 1.82) is 0 Å². The van der Waals surface area contributed by atoms with Gasteiger partial charge in [0.05, 0.1) is 12.2 Å². The quantitative estimate of drug-likeness (QED) is 0.722. The van der Waals surface area contributed by atoms with Crippen LogP contribution < -0.4 is 0 Å². The van der Waals surface area contributed by atoms with Crippen molar-refractivity contribution in [2.24, 2.45) is 0 Å². The van der Waals surface area contributed by atoms with E-state index in [0.29, 0.717) is 6.04 Å². The van der Waals surface area contributed by atoms with Crippen LogP contribution in [0, 0.1) is 0 Å². The van der Waals surface area contributed by atoms with E-state index in [1.54, 1.807) is 6.92 Å². The molecule has 0 atom stereocenters. The summed E-state index contributed by atoms with van der Waals surface area (Å²) in [6, 6.07) is 0.361. The van der Waals surface area contributed by atoms with Crippen molar-refractivity contribution in [2.45, 2.75) is 39.2 Å². The van der Waals surface area contributed by atoms with E-state index in [-0.39, 0.29) is 11.3 Å². The molecule has 0 saturated carbocycles. The Morgan fingerprint density at radius 3 is 2.50 bits per heavy atom. The zero-order valence-electron chi connectivity index (χ0n) is 10.4. The van der Waals surface area contributed by atoms with Gasteiger partial charge in [-0.2, -0.15) is 5.10 Å². The SMILES string of the molecule is CC(=O)N1CC(n2cc(C(C)(C)C)cn2)C1. The van der Waals surface area contributed by atoms with Gasteiger partial charge >= 0.3 is 0 Å². The van der Waals surface area contributed by atoms with Crippen LogP contribution in [0.4, 0.5) is 0 Å². The van der Waals surface area contributed by atoms with Gasteiger partial charge < -0.3 is 4.90 Å². The van der Waals surface area contributed by atoms with Gasteiger partial charge in [0.2, 0.25) is 5.91 Å². The number of carbonyl (C=O) groups excluding carboxylic acids is 1. The van der Waals surface area contributed by atoms with Gasteiger partial charge in [0.1, 0.15) is 0 Å². The van der Waals surface area contributed by atoms with Crippen molar-refractivity contribution in [3.63, 3.8) is 0 Å². The maximum absolute atomic E-state index is 11.1. The van der Waals surface area contributed by atoms with Crippen LogP contribution in [0.3, 0.4) is 0 Å². The maximum atomic E-state index is 11.1. The largest absolute Gasteiger partial charge is 0.339 e. The molecule has 1 aliphatic rings. The molecule has 1 fully saturated rings. The van der Waals surface area contributed by atoms with Crippen LogP contribution in [0.15, 0.2) is 12.4 Å². The molecule has 0 radical (unpaired) electrons. The second-order valence-corrected chi connectivity index (χ2v) is 5.54. The smallest absolute Gasteiger partial charge is 0.219 e. The average molecular weight is 221 g/mol. The third-order valence-electron chi connectivity index (χ3n) is 3.15. The molecule has 16 heavy (non-hydrogen) atoms. The first-order chi connectivity index (χ1) is 7.38. The zero-order valence-corrected chi connectivity index (χ0v) is 10.4. The summed E-state index contributed by atoms with van der Waals surface area (Å²) in [5.41, 5.74) is 1.39. The second-order valence-electron chi connectivity index (χ2n) is 5.54. The Labute approximate surface area is 96.2 Å². The topological polar surface area (TPSA) is 38.1 Å². The number of aromatic nitrogens is 2. The number of hydrogen-bond acceptors (Lipinski definition) is 2. The fraction of sp³-hybridized carbons (Fsp3) is 0.667. The van der Waals surface area contributed by atoms with Crippen LogP contribution in [0.25, 0.3) is 0 Å². The molecule has 0 aliphatic carbocycles. The third kappa shape index (κ3) is 1.96. The molecule has 1 aromatic rings.